The number of nitrogens with two attached hydrogens (primary N) is 1. The first-order valence-corrected chi connectivity index (χ1v) is 10.7. The molecule has 0 radical (unpaired) electrons. The molecule has 5 N–H and O–H groups in total. The number of urea groups is 1. The lowest BCUT2D eigenvalue weighted by molar-refractivity contribution is -0.123. The minimum atomic E-state index is -0.548. The summed E-state index contributed by atoms with van der Waals surface area (Å²) in [5.41, 5.74) is 7.10. The molecule has 2 atom stereocenters. The summed E-state index contributed by atoms with van der Waals surface area (Å²) in [5.74, 6) is -0.335. The summed E-state index contributed by atoms with van der Waals surface area (Å²) in [6.07, 6.45) is 3.12. The fraction of sp³-hybridized carbons (Fsp3) is 0.333. The van der Waals surface area contributed by atoms with Crippen LogP contribution in [-0.2, 0) is 16.0 Å². The Bertz CT molecular complexity index is 1040. The summed E-state index contributed by atoms with van der Waals surface area (Å²) in [7, 11) is 0. The Hall–Kier alpha value is -3.20. The van der Waals surface area contributed by atoms with Gasteiger partial charge in [0.05, 0.1) is 26.6 Å². The second kappa shape index (κ2) is 8.27. The van der Waals surface area contributed by atoms with Crippen molar-refractivity contribution in [2.75, 3.05) is 0 Å². The molecule has 1 saturated carbocycles. The van der Waals surface area contributed by atoms with E-state index in [0.29, 0.717) is 25.7 Å². The zero-order chi connectivity index (χ0) is 21.3. The predicted octanol–water partition coefficient (Wildman–Crippen LogP) is 2.08. The van der Waals surface area contributed by atoms with Crippen molar-refractivity contribution in [3.8, 4) is 0 Å². The Morgan fingerprint density at radius 1 is 1.27 bits per heavy atom. The molecule has 2 heterocycles. The van der Waals surface area contributed by atoms with Crippen LogP contribution >= 0.6 is 11.3 Å². The third-order valence-electron chi connectivity index (χ3n) is 5.47. The van der Waals surface area contributed by atoms with Crippen LogP contribution in [0.5, 0.6) is 0 Å². The van der Waals surface area contributed by atoms with Crippen molar-refractivity contribution >= 4 is 39.3 Å². The zero-order valence-electron chi connectivity index (χ0n) is 16.4. The van der Waals surface area contributed by atoms with Crippen LogP contribution in [0.3, 0.4) is 0 Å². The van der Waals surface area contributed by atoms with Gasteiger partial charge < -0.3 is 21.7 Å². The number of aromatic nitrogens is 1. The topological polar surface area (TPSA) is 126 Å². The molecular weight excluding hydrogens is 402 g/mol. The second-order valence-corrected chi connectivity index (χ2v) is 8.68. The number of ketones is 1. The predicted molar refractivity (Wildman–Crippen MR) is 114 cm³/mol. The van der Waals surface area contributed by atoms with Crippen molar-refractivity contribution in [2.45, 2.75) is 38.1 Å². The van der Waals surface area contributed by atoms with Gasteiger partial charge in [0.15, 0.2) is 0 Å². The fourth-order valence-corrected chi connectivity index (χ4v) is 4.84. The Balaban J connectivity index is 1.30. The van der Waals surface area contributed by atoms with Crippen molar-refractivity contribution in [2.24, 2.45) is 11.7 Å². The number of hydrogen-bond donors (Lipinski definition) is 4. The van der Waals surface area contributed by atoms with E-state index in [9.17, 15) is 14.4 Å². The highest BCUT2D eigenvalue weighted by Crippen LogP contribution is 2.29. The monoisotopic (exact) mass is 425 g/mol. The third-order valence-corrected chi connectivity index (χ3v) is 6.57. The number of hydrogen-bond acceptors (Lipinski definition) is 6. The maximum absolute atomic E-state index is 12.7. The van der Waals surface area contributed by atoms with Crippen molar-refractivity contribution < 1.29 is 14.4 Å². The molecule has 9 heteroatoms. The Morgan fingerprint density at radius 3 is 2.87 bits per heavy atom. The van der Waals surface area contributed by atoms with Gasteiger partial charge in [0.1, 0.15) is 11.5 Å². The van der Waals surface area contributed by atoms with E-state index in [4.69, 9.17) is 5.73 Å². The summed E-state index contributed by atoms with van der Waals surface area (Å²) in [5, 5.41) is 8.66. The Kier molecular flexibility index (Phi) is 5.54. The van der Waals surface area contributed by atoms with Gasteiger partial charge in [-0.1, -0.05) is 18.7 Å². The number of thiazole rings is 1. The molecule has 2 aromatic rings. The molecule has 1 aliphatic heterocycles. The molecule has 0 unspecified atom stereocenters. The van der Waals surface area contributed by atoms with Gasteiger partial charge in [0, 0.05) is 24.8 Å². The summed E-state index contributed by atoms with van der Waals surface area (Å²) >= 11 is 1.62. The first kappa shape index (κ1) is 20.1. The molecule has 3 amide bonds. The first-order chi connectivity index (χ1) is 14.4. The average Bonchev–Trinajstić information content (AvgIpc) is 3.35. The second-order valence-electron chi connectivity index (χ2n) is 7.57. The number of nitrogens with zero attached hydrogens (tertiary/aromatic N) is 1. The van der Waals surface area contributed by atoms with E-state index in [1.54, 1.807) is 11.3 Å². The van der Waals surface area contributed by atoms with Gasteiger partial charge in [0.25, 0.3) is 5.91 Å². The largest absolute Gasteiger partial charge is 0.395 e. The van der Waals surface area contributed by atoms with Gasteiger partial charge in [0.2, 0.25) is 0 Å². The minimum Gasteiger partial charge on any atom is -0.395 e. The number of amides is 3. The van der Waals surface area contributed by atoms with Crippen molar-refractivity contribution in [1.29, 1.82) is 0 Å². The Morgan fingerprint density at radius 2 is 2.07 bits per heavy atom. The smallest absolute Gasteiger partial charge is 0.323 e. The molecule has 0 saturated heterocycles. The molecule has 30 heavy (non-hydrogen) atoms. The number of nitrogens with one attached hydrogen (secondary N) is 3. The van der Waals surface area contributed by atoms with Crippen molar-refractivity contribution in [1.82, 2.24) is 20.9 Å². The van der Waals surface area contributed by atoms with Crippen LogP contribution in [-0.4, -0.2) is 28.7 Å². The third kappa shape index (κ3) is 4.20. The normalized spacial score (nSPS) is 21.5. The molecule has 4 rings (SSSR count). The summed E-state index contributed by atoms with van der Waals surface area (Å²) < 4.78 is 1.13. The maximum Gasteiger partial charge on any atom is 0.323 e. The van der Waals surface area contributed by atoms with E-state index < -0.39 is 11.9 Å². The molecule has 156 valence electrons. The van der Waals surface area contributed by atoms with Crippen LogP contribution < -0.4 is 21.7 Å². The van der Waals surface area contributed by atoms with Gasteiger partial charge in [-0.15, -0.1) is 11.3 Å². The van der Waals surface area contributed by atoms with Crippen molar-refractivity contribution in [3.05, 3.63) is 52.9 Å². The summed E-state index contributed by atoms with van der Waals surface area (Å²) in [6.45, 7) is 3.62. The van der Waals surface area contributed by atoms with Gasteiger partial charge in [-0.05, 0) is 31.4 Å². The fourth-order valence-electron chi connectivity index (χ4n) is 3.87. The number of carbonyl (C=O) groups is 3. The number of benzene rings is 1. The van der Waals surface area contributed by atoms with Gasteiger partial charge in [-0.25, -0.2) is 9.78 Å². The first-order valence-electron chi connectivity index (χ1n) is 9.85. The highest BCUT2D eigenvalue weighted by atomic mass is 32.1. The zero-order valence-corrected chi connectivity index (χ0v) is 17.2. The number of aryl methyl sites for hydroxylation is 1. The van der Waals surface area contributed by atoms with Crippen LogP contribution in [0.1, 0.15) is 30.7 Å². The van der Waals surface area contributed by atoms with Crippen LogP contribution in [0.15, 0.2) is 47.9 Å². The molecule has 0 bridgehead atoms. The van der Waals surface area contributed by atoms with E-state index in [1.165, 1.54) is 0 Å². The molecule has 1 aliphatic carbocycles. The number of fused-ring (bicyclic) bond motifs is 1. The molecule has 0 spiro atoms. The number of carbonyl (C=O) groups excluding carboxylic acids is 3. The molecule has 1 aromatic carbocycles. The van der Waals surface area contributed by atoms with Crippen molar-refractivity contribution in [3.63, 3.8) is 0 Å². The van der Waals surface area contributed by atoms with Crippen LogP contribution in [0.2, 0.25) is 0 Å². The van der Waals surface area contributed by atoms with E-state index in [0.717, 1.165) is 21.6 Å². The number of Topliss-reactive ketones (excluding diaryl/α,β-unsaturated/α-hetero) is 1. The number of rotatable bonds is 6. The van der Waals surface area contributed by atoms with E-state index in [1.807, 2.05) is 24.3 Å². The van der Waals surface area contributed by atoms with E-state index >= 15 is 0 Å². The SMILES string of the molecule is C=C1NC(=O)NC(C(=O)N[C@@H]2CC[C@@H](C(=O)CCc3nc4ccccc4s3)C2)=C1N. The minimum absolute atomic E-state index is 0.00522. The molecular formula is C21H23N5O3S. The average molecular weight is 426 g/mol. The lowest BCUT2D eigenvalue weighted by Crippen LogP contribution is -2.48. The van der Waals surface area contributed by atoms with Gasteiger partial charge in [-0.3, -0.25) is 9.59 Å². The lowest BCUT2D eigenvalue weighted by atomic mass is 9.98. The van der Waals surface area contributed by atoms with Gasteiger partial charge >= 0.3 is 6.03 Å². The van der Waals surface area contributed by atoms with Crippen LogP contribution in [0.4, 0.5) is 4.79 Å². The lowest BCUT2D eigenvalue weighted by Gasteiger charge is -2.22. The van der Waals surface area contributed by atoms with Gasteiger partial charge in [-0.2, -0.15) is 0 Å². The summed E-state index contributed by atoms with van der Waals surface area (Å²) in [6, 6.07) is 7.27. The standard InChI is InChI=1S/C21H23N5O3S/c1-11-18(22)19(26-21(29)23-11)20(28)24-13-7-6-12(10-13)15(27)8-9-17-25-14-4-2-3-5-16(14)30-17/h2-5,12-13H,1,6-10,22H2,(H,24,28)(H2,23,26,29)/t12-,13-/m1/s1. The molecule has 1 fully saturated rings. The van der Waals surface area contributed by atoms with E-state index in [-0.39, 0.29) is 34.8 Å². The molecule has 8 nitrogen and oxygen atoms in total. The Labute approximate surface area is 177 Å². The quantitative estimate of drug-likeness (QED) is 0.564. The van der Waals surface area contributed by atoms with Crippen LogP contribution in [0, 0.1) is 5.92 Å². The molecule has 2 aliphatic rings. The highest BCUT2D eigenvalue weighted by molar-refractivity contribution is 7.18. The summed E-state index contributed by atoms with van der Waals surface area (Å²) in [4.78, 5) is 41.3. The number of para-hydroxylation sites is 1. The highest BCUT2D eigenvalue weighted by Gasteiger charge is 2.32. The maximum atomic E-state index is 12.7. The molecule has 1 aromatic heterocycles. The van der Waals surface area contributed by atoms with Crippen LogP contribution in [0.25, 0.3) is 10.2 Å². The van der Waals surface area contributed by atoms with E-state index in [2.05, 4.69) is 27.5 Å².